The molecule has 2 aromatic carbocycles. The molecule has 8 nitrogen and oxygen atoms in total. The molecule has 3 aliphatic heterocycles. The van der Waals surface area contributed by atoms with E-state index in [1.807, 2.05) is 81.4 Å². The van der Waals surface area contributed by atoms with E-state index in [0.717, 1.165) is 11.1 Å². The van der Waals surface area contributed by atoms with Crippen molar-refractivity contribution in [3.05, 3.63) is 97.1 Å². The van der Waals surface area contributed by atoms with E-state index in [1.165, 1.54) is 0 Å². The van der Waals surface area contributed by atoms with Crippen LogP contribution < -0.4 is 0 Å². The summed E-state index contributed by atoms with van der Waals surface area (Å²) in [5.74, 6) is -2.36. The number of likely N-dealkylation sites (tertiary alicyclic amines) is 1. The van der Waals surface area contributed by atoms with E-state index in [4.69, 9.17) is 4.74 Å². The predicted octanol–water partition coefficient (Wildman–Crippen LogP) is 3.99. The van der Waals surface area contributed by atoms with Gasteiger partial charge >= 0.3 is 0 Å². The molecule has 0 aliphatic carbocycles. The Morgan fingerprint density at radius 3 is 2.18 bits per heavy atom. The number of ether oxygens (including phenoxy) is 1. The number of hydrogen-bond acceptors (Lipinski definition) is 5. The zero-order valence-corrected chi connectivity index (χ0v) is 26.1. The molecular weight excluding hydrogens is 554 g/mol. The Morgan fingerprint density at radius 1 is 1.00 bits per heavy atom. The highest BCUT2D eigenvalue weighted by Crippen LogP contribution is 2.64. The Kier molecular flexibility index (Phi) is 9.14. The lowest BCUT2D eigenvalue weighted by Gasteiger charge is -2.40. The molecule has 1 N–H and O–H groups in total. The third kappa shape index (κ3) is 5.39. The van der Waals surface area contributed by atoms with Gasteiger partial charge in [-0.05, 0) is 51.2 Å². The minimum Gasteiger partial charge on any atom is -0.394 e. The van der Waals surface area contributed by atoms with Crippen molar-refractivity contribution < 1.29 is 24.2 Å². The zero-order valence-electron chi connectivity index (χ0n) is 26.1. The lowest BCUT2D eigenvalue weighted by Crippen LogP contribution is -2.60. The molecule has 8 heteroatoms. The van der Waals surface area contributed by atoms with Crippen molar-refractivity contribution in [1.82, 2.24) is 14.7 Å². The van der Waals surface area contributed by atoms with E-state index in [2.05, 4.69) is 13.2 Å². The van der Waals surface area contributed by atoms with Crippen molar-refractivity contribution in [3.8, 4) is 0 Å². The molecule has 3 aliphatic rings. The van der Waals surface area contributed by atoms with Gasteiger partial charge in [0.15, 0.2) is 0 Å². The molecule has 2 bridgehead atoms. The van der Waals surface area contributed by atoms with Gasteiger partial charge in [-0.15, -0.1) is 13.2 Å². The first-order valence-electron chi connectivity index (χ1n) is 15.6. The summed E-state index contributed by atoms with van der Waals surface area (Å²) in [7, 11) is 0. The number of carbonyl (C=O) groups is 3. The van der Waals surface area contributed by atoms with Crippen molar-refractivity contribution in [3.63, 3.8) is 0 Å². The van der Waals surface area contributed by atoms with E-state index in [9.17, 15) is 19.5 Å². The second-order valence-electron chi connectivity index (χ2n) is 12.9. The van der Waals surface area contributed by atoms with E-state index < -0.39 is 35.1 Å². The molecule has 3 heterocycles. The van der Waals surface area contributed by atoms with Crippen molar-refractivity contribution in [2.24, 2.45) is 11.8 Å². The molecule has 0 saturated carbocycles. The maximum atomic E-state index is 14.8. The van der Waals surface area contributed by atoms with Gasteiger partial charge in [-0.3, -0.25) is 14.4 Å². The minimum absolute atomic E-state index is 0.157. The van der Waals surface area contributed by atoms with Crippen LogP contribution in [-0.4, -0.2) is 86.6 Å². The molecule has 3 saturated heterocycles. The summed E-state index contributed by atoms with van der Waals surface area (Å²) < 4.78 is 6.88. The summed E-state index contributed by atoms with van der Waals surface area (Å²) in [6.07, 6.45) is 4.76. The minimum atomic E-state index is -1.19. The predicted molar refractivity (Wildman–Crippen MR) is 169 cm³/mol. The maximum Gasteiger partial charge on any atom is 0.248 e. The van der Waals surface area contributed by atoms with Gasteiger partial charge in [0.25, 0.3) is 0 Å². The second-order valence-corrected chi connectivity index (χ2v) is 12.9. The highest BCUT2D eigenvalue weighted by atomic mass is 16.5. The number of hydrogen-bond donors (Lipinski definition) is 1. The summed E-state index contributed by atoms with van der Waals surface area (Å²) in [4.78, 5) is 48.9. The molecule has 2 unspecified atom stereocenters. The Morgan fingerprint density at radius 2 is 1.61 bits per heavy atom. The van der Waals surface area contributed by atoms with Crippen LogP contribution >= 0.6 is 0 Å². The molecule has 6 atom stereocenters. The van der Waals surface area contributed by atoms with Crippen LogP contribution in [0.15, 0.2) is 86.0 Å². The van der Waals surface area contributed by atoms with Crippen LogP contribution in [0.5, 0.6) is 0 Å². The van der Waals surface area contributed by atoms with Crippen LogP contribution in [-0.2, 0) is 32.1 Å². The van der Waals surface area contributed by atoms with Gasteiger partial charge in [-0.2, -0.15) is 0 Å². The quantitative estimate of drug-likeness (QED) is 0.352. The number of rotatable bonds is 13. The average molecular weight is 600 g/mol. The Labute approximate surface area is 261 Å². The fraction of sp³-hybridized carbons (Fsp3) is 0.472. The second kappa shape index (κ2) is 12.7. The van der Waals surface area contributed by atoms with Crippen LogP contribution in [0.3, 0.4) is 0 Å². The molecule has 2 aromatic rings. The van der Waals surface area contributed by atoms with Gasteiger partial charge < -0.3 is 24.5 Å². The molecular formula is C36H45N3O5. The van der Waals surface area contributed by atoms with Crippen molar-refractivity contribution in [1.29, 1.82) is 0 Å². The number of aliphatic hydroxyl groups is 1. The van der Waals surface area contributed by atoms with Crippen molar-refractivity contribution >= 4 is 17.7 Å². The highest BCUT2D eigenvalue weighted by molar-refractivity contribution is 5.99. The van der Waals surface area contributed by atoms with Crippen LogP contribution in [0.4, 0.5) is 0 Å². The number of aliphatic hydroxyl groups excluding tert-OH is 1. The van der Waals surface area contributed by atoms with Gasteiger partial charge in [-0.1, -0.05) is 72.8 Å². The molecule has 3 fully saturated rings. The first kappa shape index (κ1) is 31.7. The molecule has 3 amide bonds. The fourth-order valence-corrected chi connectivity index (χ4v) is 7.79. The fourth-order valence-electron chi connectivity index (χ4n) is 7.79. The average Bonchev–Trinajstić information content (AvgIpc) is 3.59. The summed E-state index contributed by atoms with van der Waals surface area (Å²) in [6.45, 7) is 14.2. The van der Waals surface area contributed by atoms with Gasteiger partial charge in [-0.25, -0.2) is 0 Å². The lowest BCUT2D eigenvalue weighted by molar-refractivity contribution is -0.157. The normalized spacial score (nSPS) is 27.7. The smallest absolute Gasteiger partial charge is 0.248 e. The maximum absolute atomic E-state index is 14.8. The molecule has 5 rings (SSSR count). The van der Waals surface area contributed by atoms with Gasteiger partial charge in [0.05, 0.1) is 30.1 Å². The molecule has 0 aromatic heterocycles. The first-order valence-corrected chi connectivity index (χ1v) is 15.6. The van der Waals surface area contributed by atoms with Crippen molar-refractivity contribution in [2.75, 3.05) is 19.7 Å². The van der Waals surface area contributed by atoms with Crippen LogP contribution in [0.1, 0.15) is 44.7 Å². The van der Waals surface area contributed by atoms with Crippen molar-refractivity contribution in [2.45, 2.75) is 75.9 Å². The standard InChI is InChI=1S/C36H45N3O5/c1-6-20-37(23-27-16-12-9-13-17-27)32(41)29-30-33(42)39(28(24-40)22-26-14-10-8-11-15-26)31(34(43)38(21-7-2)25(3)4)36(30)19-18-35(29,5)44-36/h6-17,25,28-31,40H,1-2,18-24H2,3-5H3/t28-,29-,30+,31?,35+,36?/m1/s1. The Bertz CT molecular complexity index is 1380. The summed E-state index contributed by atoms with van der Waals surface area (Å²) in [6, 6.07) is 17.6. The monoisotopic (exact) mass is 599 g/mol. The SMILES string of the molecule is C=CCN(Cc1ccccc1)C(=O)[C@H]1[C@H]2C(=O)N([C@@H](CO)Cc3ccccc3)C(C(=O)N(CC=C)C(C)C)C23CC[C@]1(C)O3. The van der Waals surface area contributed by atoms with E-state index in [1.54, 1.807) is 26.9 Å². The molecule has 234 valence electrons. The number of fused-ring (bicyclic) bond motifs is 1. The molecule has 44 heavy (non-hydrogen) atoms. The first-order chi connectivity index (χ1) is 21.1. The molecule has 0 radical (unpaired) electrons. The van der Waals surface area contributed by atoms with Crippen LogP contribution in [0, 0.1) is 11.8 Å². The van der Waals surface area contributed by atoms with Gasteiger partial charge in [0.1, 0.15) is 11.6 Å². The number of nitrogens with zero attached hydrogens (tertiary/aromatic N) is 3. The van der Waals surface area contributed by atoms with Crippen LogP contribution in [0.25, 0.3) is 0 Å². The summed E-state index contributed by atoms with van der Waals surface area (Å²) in [5.41, 5.74) is -0.183. The summed E-state index contributed by atoms with van der Waals surface area (Å²) in [5, 5.41) is 10.7. The third-order valence-corrected chi connectivity index (χ3v) is 9.74. The Balaban J connectivity index is 1.59. The zero-order chi connectivity index (χ0) is 31.6. The number of amides is 3. The third-order valence-electron chi connectivity index (χ3n) is 9.74. The topological polar surface area (TPSA) is 90.4 Å². The molecule has 1 spiro atoms. The van der Waals surface area contributed by atoms with E-state index in [-0.39, 0.29) is 30.4 Å². The lowest BCUT2D eigenvalue weighted by atomic mass is 9.66. The van der Waals surface area contributed by atoms with Gasteiger partial charge in [0, 0.05) is 25.7 Å². The number of benzene rings is 2. The van der Waals surface area contributed by atoms with E-state index in [0.29, 0.717) is 38.9 Å². The van der Waals surface area contributed by atoms with Crippen LogP contribution in [0.2, 0.25) is 0 Å². The van der Waals surface area contributed by atoms with E-state index >= 15 is 0 Å². The van der Waals surface area contributed by atoms with Gasteiger partial charge in [0.2, 0.25) is 17.7 Å². The number of carbonyl (C=O) groups excluding carboxylic acids is 3. The highest BCUT2D eigenvalue weighted by Gasteiger charge is 2.78. The summed E-state index contributed by atoms with van der Waals surface area (Å²) >= 11 is 0. The largest absolute Gasteiger partial charge is 0.394 e. The Hall–Kier alpha value is -3.75.